The Bertz CT molecular complexity index is 299. The zero-order valence-electron chi connectivity index (χ0n) is 13.4. The molecular formula is C15H30O3. The number of hydrogen-bond acceptors (Lipinski definition) is 3. The van der Waals surface area contributed by atoms with E-state index >= 15 is 0 Å². The predicted octanol–water partition coefficient (Wildman–Crippen LogP) is 3.40. The summed E-state index contributed by atoms with van der Waals surface area (Å²) in [6.45, 7) is 18.2. The Morgan fingerprint density at radius 3 is 1.67 bits per heavy atom. The molecule has 0 fully saturated rings. The SMILES string of the molecule is CC(O)C(=O)OC(C)(C)C(C)(C)C(C)(C)C(C)C. The normalized spacial score (nSPS) is 15.7. The fourth-order valence-corrected chi connectivity index (χ4v) is 1.96. The number of aliphatic hydroxyl groups excluding tert-OH is 1. The first kappa shape index (κ1) is 17.4. The second-order valence-corrected chi connectivity index (χ2v) is 7.11. The Balaban J connectivity index is 5.26. The lowest BCUT2D eigenvalue weighted by atomic mass is 9.55. The molecule has 1 N–H and O–H groups in total. The molecule has 108 valence electrons. The Labute approximate surface area is 112 Å². The zero-order chi connectivity index (χ0) is 14.9. The van der Waals surface area contributed by atoms with Crippen molar-refractivity contribution < 1.29 is 14.6 Å². The van der Waals surface area contributed by atoms with Gasteiger partial charge in [-0.3, -0.25) is 0 Å². The molecule has 0 aromatic carbocycles. The van der Waals surface area contributed by atoms with Gasteiger partial charge < -0.3 is 9.84 Å². The van der Waals surface area contributed by atoms with Gasteiger partial charge in [-0.25, -0.2) is 4.79 Å². The van der Waals surface area contributed by atoms with E-state index < -0.39 is 17.7 Å². The van der Waals surface area contributed by atoms with Crippen LogP contribution in [0.3, 0.4) is 0 Å². The number of esters is 1. The van der Waals surface area contributed by atoms with E-state index in [4.69, 9.17) is 4.74 Å². The second-order valence-electron chi connectivity index (χ2n) is 7.11. The van der Waals surface area contributed by atoms with Crippen LogP contribution in [0.15, 0.2) is 0 Å². The van der Waals surface area contributed by atoms with E-state index in [-0.39, 0.29) is 10.8 Å². The lowest BCUT2D eigenvalue weighted by Gasteiger charge is -2.53. The maximum absolute atomic E-state index is 11.6. The van der Waals surface area contributed by atoms with Crippen molar-refractivity contribution in [2.45, 2.75) is 74.0 Å². The molecule has 3 nitrogen and oxygen atoms in total. The zero-order valence-corrected chi connectivity index (χ0v) is 13.4. The molecule has 0 rings (SSSR count). The minimum atomic E-state index is -1.08. The van der Waals surface area contributed by atoms with E-state index in [9.17, 15) is 9.90 Å². The maximum Gasteiger partial charge on any atom is 0.335 e. The molecule has 0 aliphatic heterocycles. The Kier molecular flexibility index (Phi) is 5.03. The van der Waals surface area contributed by atoms with Crippen LogP contribution in [0.1, 0.15) is 62.3 Å². The third-order valence-electron chi connectivity index (χ3n) is 5.26. The fourth-order valence-electron chi connectivity index (χ4n) is 1.96. The molecule has 0 heterocycles. The number of hydrogen-bond donors (Lipinski definition) is 1. The molecule has 18 heavy (non-hydrogen) atoms. The van der Waals surface area contributed by atoms with Gasteiger partial charge in [-0.05, 0) is 32.1 Å². The van der Waals surface area contributed by atoms with E-state index in [1.807, 2.05) is 13.8 Å². The second kappa shape index (κ2) is 5.20. The van der Waals surface area contributed by atoms with E-state index in [0.717, 1.165) is 0 Å². The number of ether oxygens (including phenoxy) is 1. The monoisotopic (exact) mass is 258 g/mol. The minimum absolute atomic E-state index is 0.00449. The predicted molar refractivity (Wildman–Crippen MR) is 74.3 cm³/mol. The van der Waals surface area contributed by atoms with Crippen LogP contribution < -0.4 is 0 Å². The van der Waals surface area contributed by atoms with Crippen molar-refractivity contribution in [3.8, 4) is 0 Å². The van der Waals surface area contributed by atoms with Gasteiger partial charge in [0.05, 0.1) is 0 Å². The minimum Gasteiger partial charge on any atom is -0.457 e. The molecule has 0 radical (unpaired) electrons. The fraction of sp³-hybridized carbons (Fsp3) is 0.933. The summed E-state index contributed by atoms with van der Waals surface area (Å²) in [6, 6.07) is 0. The van der Waals surface area contributed by atoms with Gasteiger partial charge in [0, 0.05) is 5.41 Å². The van der Waals surface area contributed by atoms with Crippen molar-refractivity contribution in [1.29, 1.82) is 0 Å². The standard InChI is InChI=1S/C15H30O3/c1-10(2)13(4,5)14(6,7)15(8,9)18-12(17)11(3)16/h10-11,16H,1-9H3. The molecule has 0 amide bonds. The van der Waals surface area contributed by atoms with Crippen LogP contribution in [0.5, 0.6) is 0 Å². The summed E-state index contributed by atoms with van der Waals surface area (Å²) in [5.74, 6) is -0.107. The molecule has 1 unspecified atom stereocenters. The summed E-state index contributed by atoms with van der Waals surface area (Å²) in [5, 5.41) is 9.29. The molecule has 0 aromatic heterocycles. The summed E-state index contributed by atoms with van der Waals surface area (Å²) < 4.78 is 5.51. The number of carbonyl (C=O) groups excluding carboxylic acids is 1. The summed E-state index contributed by atoms with van der Waals surface area (Å²) in [4.78, 5) is 11.6. The first-order valence-electron chi connectivity index (χ1n) is 6.68. The summed E-state index contributed by atoms with van der Waals surface area (Å²) in [6.07, 6.45) is -1.08. The van der Waals surface area contributed by atoms with Gasteiger partial charge in [0.2, 0.25) is 0 Å². The summed E-state index contributed by atoms with van der Waals surface area (Å²) in [7, 11) is 0. The Hall–Kier alpha value is -0.570. The third kappa shape index (κ3) is 3.05. The van der Waals surface area contributed by atoms with Gasteiger partial charge in [-0.15, -0.1) is 0 Å². The Morgan fingerprint density at radius 2 is 1.39 bits per heavy atom. The van der Waals surface area contributed by atoms with Crippen LogP contribution in [0.25, 0.3) is 0 Å². The highest BCUT2D eigenvalue weighted by Gasteiger charge is 2.51. The van der Waals surface area contributed by atoms with Crippen LogP contribution in [-0.4, -0.2) is 22.8 Å². The van der Waals surface area contributed by atoms with E-state index in [1.54, 1.807) is 0 Å². The van der Waals surface area contributed by atoms with Gasteiger partial charge in [0.25, 0.3) is 0 Å². The molecule has 3 heteroatoms. The molecular weight excluding hydrogens is 228 g/mol. The molecule has 1 atom stereocenters. The van der Waals surface area contributed by atoms with E-state index in [2.05, 4.69) is 41.5 Å². The van der Waals surface area contributed by atoms with Gasteiger partial charge in [-0.2, -0.15) is 0 Å². The maximum atomic E-state index is 11.6. The number of aliphatic hydroxyl groups is 1. The lowest BCUT2D eigenvalue weighted by molar-refractivity contribution is -0.191. The van der Waals surface area contributed by atoms with Gasteiger partial charge in [-0.1, -0.05) is 41.5 Å². The van der Waals surface area contributed by atoms with Crippen molar-refractivity contribution in [1.82, 2.24) is 0 Å². The smallest absolute Gasteiger partial charge is 0.335 e. The summed E-state index contributed by atoms with van der Waals surface area (Å²) in [5.41, 5.74) is -0.872. The molecule has 0 aliphatic carbocycles. The van der Waals surface area contributed by atoms with E-state index in [0.29, 0.717) is 5.92 Å². The van der Waals surface area contributed by atoms with Crippen LogP contribution >= 0.6 is 0 Å². The molecule has 0 spiro atoms. The van der Waals surface area contributed by atoms with Crippen LogP contribution in [-0.2, 0) is 9.53 Å². The van der Waals surface area contributed by atoms with Crippen LogP contribution in [0.2, 0.25) is 0 Å². The number of rotatable bonds is 5. The first-order chi connectivity index (χ1) is 7.77. The topological polar surface area (TPSA) is 46.5 Å². The highest BCUT2D eigenvalue weighted by Crippen LogP contribution is 2.52. The van der Waals surface area contributed by atoms with Crippen molar-refractivity contribution in [3.63, 3.8) is 0 Å². The van der Waals surface area contributed by atoms with Crippen molar-refractivity contribution in [3.05, 3.63) is 0 Å². The van der Waals surface area contributed by atoms with Crippen molar-refractivity contribution >= 4 is 5.97 Å². The van der Waals surface area contributed by atoms with Gasteiger partial charge in [0.15, 0.2) is 0 Å². The average Bonchev–Trinajstić information content (AvgIpc) is 2.15. The average molecular weight is 258 g/mol. The highest BCUT2D eigenvalue weighted by molar-refractivity contribution is 5.74. The van der Waals surface area contributed by atoms with Crippen LogP contribution in [0, 0.1) is 16.7 Å². The van der Waals surface area contributed by atoms with Gasteiger partial charge in [0.1, 0.15) is 11.7 Å². The van der Waals surface area contributed by atoms with Crippen LogP contribution in [0.4, 0.5) is 0 Å². The molecule has 0 saturated heterocycles. The number of carbonyl (C=O) groups is 1. The molecule has 0 saturated carbocycles. The van der Waals surface area contributed by atoms with Gasteiger partial charge >= 0.3 is 5.97 Å². The molecule has 0 aromatic rings. The third-order valence-corrected chi connectivity index (χ3v) is 5.26. The summed E-state index contributed by atoms with van der Waals surface area (Å²) >= 11 is 0. The van der Waals surface area contributed by atoms with Crippen molar-refractivity contribution in [2.75, 3.05) is 0 Å². The largest absolute Gasteiger partial charge is 0.457 e. The lowest BCUT2D eigenvalue weighted by Crippen LogP contribution is -2.54. The molecule has 0 bridgehead atoms. The van der Waals surface area contributed by atoms with Crippen molar-refractivity contribution in [2.24, 2.45) is 16.7 Å². The first-order valence-corrected chi connectivity index (χ1v) is 6.68. The van der Waals surface area contributed by atoms with E-state index in [1.165, 1.54) is 6.92 Å². The quantitative estimate of drug-likeness (QED) is 0.769. The highest BCUT2D eigenvalue weighted by atomic mass is 16.6. The Morgan fingerprint density at radius 1 is 1.00 bits per heavy atom. The molecule has 0 aliphatic rings.